The number of alkyl carbamates (subject to hydrolysis) is 1. The van der Waals surface area contributed by atoms with Gasteiger partial charge in [-0.25, -0.2) is 4.79 Å². The summed E-state index contributed by atoms with van der Waals surface area (Å²) in [5.41, 5.74) is 1.26. The molecule has 0 spiro atoms. The summed E-state index contributed by atoms with van der Waals surface area (Å²) in [6.07, 6.45) is 1.08. The maximum Gasteiger partial charge on any atom is 0.408 e. The zero-order valence-electron chi connectivity index (χ0n) is 23.7. The Morgan fingerprint density at radius 2 is 1.82 bits per heavy atom. The summed E-state index contributed by atoms with van der Waals surface area (Å²) in [7, 11) is 1.62. The Labute approximate surface area is 231 Å². The van der Waals surface area contributed by atoms with Gasteiger partial charge in [-0.2, -0.15) is 0 Å². The van der Waals surface area contributed by atoms with Crippen molar-refractivity contribution in [3.8, 4) is 11.5 Å². The molecule has 1 heterocycles. The van der Waals surface area contributed by atoms with Crippen LogP contribution < -0.4 is 14.8 Å². The van der Waals surface area contributed by atoms with Gasteiger partial charge >= 0.3 is 6.09 Å². The van der Waals surface area contributed by atoms with E-state index in [2.05, 4.69) is 5.32 Å². The molecule has 1 aliphatic carbocycles. The lowest BCUT2D eigenvalue weighted by Crippen LogP contribution is -2.51. The van der Waals surface area contributed by atoms with E-state index in [-0.39, 0.29) is 24.3 Å². The monoisotopic (exact) mass is 538 g/mol. The van der Waals surface area contributed by atoms with Crippen LogP contribution in [0.4, 0.5) is 4.79 Å². The van der Waals surface area contributed by atoms with Gasteiger partial charge in [0.15, 0.2) is 11.5 Å². The standard InChI is InChI=1S/C31H42N2O6/c1-20(2)28(32-30(36)39-18-22-9-7-6-8-10-22)29(35)33-16-25(31(4,19-33)21(3)34)24-13-14-26(37-5)27(15-24)38-17-23-11-12-23/h6-10,13-15,20-21,23,25,28,34H,11-12,16-19H2,1-5H3,(H,32,36)/t21-,25+,28?,31?/m1/s1. The summed E-state index contributed by atoms with van der Waals surface area (Å²) in [6.45, 7) is 9.14. The van der Waals surface area contributed by atoms with Gasteiger partial charge in [0.2, 0.25) is 5.91 Å². The predicted octanol–water partition coefficient (Wildman–Crippen LogP) is 4.75. The molecule has 2 aliphatic rings. The van der Waals surface area contributed by atoms with Crippen LogP contribution in [0.25, 0.3) is 0 Å². The van der Waals surface area contributed by atoms with E-state index in [0.717, 1.165) is 11.1 Å². The zero-order chi connectivity index (χ0) is 28.2. The number of methoxy groups -OCH3 is 1. The van der Waals surface area contributed by atoms with E-state index in [1.165, 1.54) is 12.8 Å². The van der Waals surface area contributed by atoms with E-state index < -0.39 is 23.7 Å². The molecule has 2 unspecified atom stereocenters. The van der Waals surface area contributed by atoms with Gasteiger partial charge in [-0.1, -0.05) is 57.2 Å². The molecule has 1 saturated carbocycles. The van der Waals surface area contributed by atoms with E-state index in [9.17, 15) is 14.7 Å². The largest absolute Gasteiger partial charge is 0.493 e. The van der Waals surface area contributed by atoms with Crippen LogP contribution in [0.3, 0.4) is 0 Å². The fraction of sp³-hybridized carbons (Fsp3) is 0.548. The Morgan fingerprint density at radius 1 is 1.10 bits per heavy atom. The molecule has 4 atom stereocenters. The van der Waals surface area contributed by atoms with E-state index in [0.29, 0.717) is 37.1 Å². The summed E-state index contributed by atoms with van der Waals surface area (Å²) in [4.78, 5) is 28.1. The summed E-state index contributed by atoms with van der Waals surface area (Å²) >= 11 is 0. The molecule has 39 heavy (non-hydrogen) atoms. The number of nitrogens with one attached hydrogen (secondary N) is 1. The van der Waals surface area contributed by atoms with Gasteiger partial charge in [-0.15, -0.1) is 0 Å². The van der Waals surface area contributed by atoms with Gasteiger partial charge in [-0.3, -0.25) is 4.79 Å². The first-order chi connectivity index (χ1) is 18.6. The van der Waals surface area contributed by atoms with Gasteiger partial charge in [0, 0.05) is 24.4 Å². The normalized spacial score (nSPS) is 22.3. The number of aliphatic hydroxyl groups excluding tert-OH is 1. The lowest BCUT2D eigenvalue weighted by Gasteiger charge is -2.34. The Kier molecular flexibility index (Phi) is 9.05. The third kappa shape index (κ3) is 6.85. The first kappa shape index (κ1) is 28.7. The SMILES string of the molecule is COc1ccc([C@@H]2CN(C(=O)C(NC(=O)OCc3ccccc3)C(C)C)CC2(C)[C@@H](C)O)cc1OCC1CC1. The molecule has 0 radical (unpaired) electrons. The number of nitrogens with zero attached hydrogens (tertiary/aromatic N) is 1. The molecular weight excluding hydrogens is 496 g/mol. The molecule has 2 N–H and O–H groups in total. The molecule has 0 bridgehead atoms. The van der Waals surface area contributed by atoms with Gasteiger partial charge in [0.05, 0.1) is 19.8 Å². The van der Waals surface area contributed by atoms with Crippen LogP contribution in [-0.4, -0.2) is 61.0 Å². The van der Waals surface area contributed by atoms with E-state index in [1.807, 2.05) is 69.3 Å². The number of carbonyl (C=O) groups excluding carboxylic acids is 2. The fourth-order valence-electron chi connectivity index (χ4n) is 5.21. The highest BCUT2D eigenvalue weighted by atomic mass is 16.5. The highest BCUT2D eigenvalue weighted by molar-refractivity contribution is 5.86. The van der Waals surface area contributed by atoms with E-state index in [1.54, 1.807) is 18.9 Å². The Morgan fingerprint density at radius 3 is 2.44 bits per heavy atom. The van der Waals surface area contributed by atoms with Gasteiger partial charge < -0.3 is 29.5 Å². The second kappa shape index (κ2) is 12.3. The Balaban J connectivity index is 1.49. The molecule has 8 heteroatoms. The van der Waals surface area contributed by atoms with Gasteiger partial charge in [0.1, 0.15) is 12.6 Å². The molecular formula is C31H42N2O6. The Hall–Kier alpha value is -3.26. The van der Waals surface area contributed by atoms with E-state index >= 15 is 0 Å². The van der Waals surface area contributed by atoms with Crippen molar-refractivity contribution in [1.29, 1.82) is 0 Å². The van der Waals surface area contributed by atoms with Crippen molar-refractivity contribution < 1.29 is 28.9 Å². The first-order valence-electron chi connectivity index (χ1n) is 13.9. The number of ether oxygens (including phenoxy) is 3. The number of likely N-dealkylation sites (tertiary alicyclic amines) is 1. The van der Waals surface area contributed by atoms with Crippen molar-refractivity contribution in [2.45, 2.75) is 65.2 Å². The van der Waals surface area contributed by atoms with Crippen molar-refractivity contribution in [3.05, 3.63) is 59.7 Å². The number of benzene rings is 2. The van der Waals surface area contributed by atoms with Crippen molar-refractivity contribution in [3.63, 3.8) is 0 Å². The van der Waals surface area contributed by atoms with Crippen LogP contribution in [0.5, 0.6) is 11.5 Å². The molecule has 2 aromatic rings. The maximum atomic E-state index is 13.8. The first-order valence-corrected chi connectivity index (χ1v) is 13.9. The Bertz CT molecular complexity index is 1130. The van der Waals surface area contributed by atoms with Crippen molar-refractivity contribution in [2.24, 2.45) is 17.3 Å². The van der Waals surface area contributed by atoms with Gasteiger partial charge in [0.25, 0.3) is 0 Å². The molecule has 2 amide bonds. The molecule has 1 aliphatic heterocycles. The minimum absolute atomic E-state index is 0.125. The number of rotatable bonds is 11. The molecule has 8 nitrogen and oxygen atoms in total. The quantitative estimate of drug-likeness (QED) is 0.429. The minimum Gasteiger partial charge on any atom is -0.493 e. The summed E-state index contributed by atoms with van der Waals surface area (Å²) in [5, 5.41) is 13.7. The molecule has 212 valence electrons. The van der Waals surface area contributed by atoms with Crippen LogP contribution in [0.2, 0.25) is 0 Å². The average Bonchev–Trinajstić information content (AvgIpc) is 3.69. The molecule has 2 aromatic carbocycles. The van der Waals surface area contributed by atoms with E-state index in [4.69, 9.17) is 14.2 Å². The second-order valence-electron chi connectivity index (χ2n) is 11.5. The van der Waals surface area contributed by atoms with Crippen LogP contribution in [0.15, 0.2) is 48.5 Å². The summed E-state index contributed by atoms with van der Waals surface area (Å²) in [6, 6.07) is 14.5. The van der Waals surface area contributed by atoms with Crippen LogP contribution in [0, 0.1) is 17.3 Å². The van der Waals surface area contributed by atoms with Crippen molar-refractivity contribution in [2.75, 3.05) is 26.8 Å². The van der Waals surface area contributed by atoms with Crippen molar-refractivity contribution >= 4 is 12.0 Å². The lowest BCUT2D eigenvalue weighted by molar-refractivity contribution is -0.134. The highest BCUT2D eigenvalue weighted by Gasteiger charge is 2.49. The number of hydrogen-bond acceptors (Lipinski definition) is 6. The van der Waals surface area contributed by atoms with Crippen LogP contribution in [0.1, 0.15) is 57.6 Å². The molecule has 4 rings (SSSR count). The average molecular weight is 539 g/mol. The van der Waals surface area contributed by atoms with Crippen molar-refractivity contribution in [1.82, 2.24) is 10.2 Å². The third-order valence-corrected chi connectivity index (χ3v) is 8.18. The zero-order valence-corrected chi connectivity index (χ0v) is 23.7. The summed E-state index contributed by atoms with van der Waals surface area (Å²) < 4.78 is 17.0. The predicted molar refractivity (Wildman–Crippen MR) is 149 cm³/mol. The fourth-order valence-corrected chi connectivity index (χ4v) is 5.21. The summed E-state index contributed by atoms with van der Waals surface area (Å²) in [5.74, 6) is 1.48. The second-order valence-corrected chi connectivity index (χ2v) is 11.5. The number of carbonyl (C=O) groups is 2. The lowest BCUT2D eigenvalue weighted by atomic mass is 9.72. The molecule has 0 aromatic heterocycles. The smallest absolute Gasteiger partial charge is 0.408 e. The molecule has 2 fully saturated rings. The number of hydrogen-bond donors (Lipinski definition) is 2. The van der Waals surface area contributed by atoms with Crippen LogP contribution in [-0.2, 0) is 16.1 Å². The highest BCUT2D eigenvalue weighted by Crippen LogP contribution is 2.47. The number of amides is 2. The number of aliphatic hydroxyl groups is 1. The molecule has 1 saturated heterocycles. The maximum absolute atomic E-state index is 13.8. The minimum atomic E-state index is -0.751. The van der Waals surface area contributed by atoms with Crippen LogP contribution >= 0.6 is 0 Å². The van der Waals surface area contributed by atoms with Gasteiger partial charge in [-0.05, 0) is 54.9 Å². The topological polar surface area (TPSA) is 97.3 Å². The third-order valence-electron chi connectivity index (χ3n) is 8.18.